The third-order valence-corrected chi connectivity index (χ3v) is 4.82. The van der Waals surface area contributed by atoms with Crippen LogP contribution in [0.25, 0.3) is 10.6 Å². The minimum absolute atomic E-state index is 0.104. The number of carbonyl (C=O) groups excluding carboxylic acids is 2. The Balaban J connectivity index is 1.96. The largest absolute Gasteiger partial charge is 0.469 e. The van der Waals surface area contributed by atoms with Crippen molar-refractivity contribution in [3.8, 4) is 16.6 Å². The Kier molecular flexibility index (Phi) is 6.22. The molecule has 2 N–H and O–H groups in total. The summed E-state index contributed by atoms with van der Waals surface area (Å²) >= 11 is 2.72. The predicted octanol–water partition coefficient (Wildman–Crippen LogP) is 2.33. The number of aromatic nitrogens is 2. The van der Waals surface area contributed by atoms with Crippen LogP contribution in [-0.2, 0) is 16.0 Å². The second-order valence-corrected chi connectivity index (χ2v) is 6.54. The standard InChI is InChI=1S/C14H15N5O3S2/c1-8-12(9-7-23-10(18-9)3-5-15)24-14(17-8)19-13(21)16-6-4-11(20)22-2/h7H,3-4,6H2,1-2H3,(H2,16,17,19,21). The number of hydrogen-bond acceptors (Lipinski definition) is 8. The van der Waals surface area contributed by atoms with E-state index in [1.165, 1.54) is 29.8 Å². The molecule has 0 spiro atoms. The molecule has 0 saturated carbocycles. The Morgan fingerprint density at radius 1 is 1.42 bits per heavy atom. The van der Waals surface area contributed by atoms with Crippen LogP contribution < -0.4 is 10.6 Å². The number of carbonyl (C=O) groups is 2. The number of amides is 2. The van der Waals surface area contributed by atoms with Crippen LogP contribution in [0, 0.1) is 18.3 Å². The second-order valence-electron chi connectivity index (χ2n) is 4.60. The van der Waals surface area contributed by atoms with Crippen molar-refractivity contribution in [2.45, 2.75) is 19.8 Å². The summed E-state index contributed by atoms with van der Waals surface area (Å²) in [7, 11) is 1.29. The number of nitrogens with one attached hydrogen (secondary N) is 2. The Bertz CT molecular complexity index is 778. The molecule has 0 saturated heterocycles. The highest BCUT2D eigenvalue weighted by molar-refractivity contribution is 7.19. The van der Waals surface area contributed by atoms with Gasteiger partial charge in [0.15, 0.2) is 5.13 Å². The van der Waals surface area contributed by atoms with Gasteiger partial charge in [0.1, 0.15) is 5.01 Å². The fourth-order valence-corrected chi connectivity index (χ4v) is 3.49. The average molecular weight is 365 g/mol. The maximum Gasteiger partial charge on any atom is 0.321 e. The average Bonchev–Trinajstić information content (AvgIpc) is 3.14. The topological polar surface area (TPSA) is 117 Å². The first-order valence-electron chi connectivity index (χ1n) is 6.94. The molecule has 0 aromatic carbocycles. The van der Waals surface area contributed by atoms with Gasteiger partial charge in [-0.25, -0.2) is 14.8 Å². The maximum absolute atomic E-state index is 11.8. The molecule has 0 aliphatic carbocycles. The third-order valence-electron chi connectivity index (χ3n) is 2.87. The van der Waals surface area contributed by atoms with Crippen molar-refractivity contribution < 1.29 is 14.3 Å². The van der Waals surface area contributed by atoms with E-state index in [4.69, 9.17) is 5.26 Å². The van der Waals surface area contributed by atoms with Crippen molar-refractivity contribution in [2.75, 3.05) is 19.0 Å². The molecule has 0 atom stereocenters. The minimum atomic E-state index is -0.442. The van der Waals surface area contributed by atoms with E-state index >= 15 is 0 Å². The highest BCUT2D eigenvalue weighted by Crippen LogP contribution is 2.33. The highest BCUT2D eigenvalue weighted by Gasteiger charge is 2.14. The van der Waals surface area contributed by atoms with Gasteiger partial charge < -0.3 is 10.1 Å². The molecule has 0 aliphatic rings. The summed E-state index contributed by atoms with van der Waals surface area (Å²) in [4.78, 5) is 32.3. The predicted molar refractivity (Wildman–Crippen MR) is 90.9 cm³/mol. The molecular weight excluding hydrogens is 350 g/mol. The SMILES string of the molecule is COC(=O)CCNC(=O)Nc1nc(C)c(-c2csc(CC#N)n2)s1. The first kappa shape index (κ1) is 17.8. The molecule has 0 aliphatic heterocycles. The van der Waals surface area contributed by atoms with Crippen LogP contribution in [0.4, 0.5) is 9.93 Å². The lowest BCUT2D eigenvalue weighted by molar-refractivity contribution is -0.140. The van der Waals surface area contributed by atoms with Crippen LogP contribution >= 0.6 is 22.7 Å². The summed E-state index contributed by atoms with van der Waals surface area (Å²) < 4.78 is 4.49. The summed E-state index contributed by atoms with van der Waals surface area (Å²) in [6, 6.07) is 1.62. The van der Waals surface area contributed by atoms with Gasteiger partial charge in [-0.05, 0) is 6.92 Å². The molecule has 0 bridgehead atoms. The van der Waals surface area contributed by atoms with Crippen LogP contribution in [0.2, 0.25) is 0 Å². The molecule has 0 radical (unpaired) electrons. The quantitative estimate of drug-likeness (QED) is 0.759. The molecule has 2 aromatic heterocycles. The molecule has 126 valence electrons. The number of ether oxygens (including phenoxy) is 1. The summed E-state index contributed by atoms with van der Waals surface area (Å²) in [6.45, 7) is 2.01. The second kappa shape index (κ2) is 8.37. The molecule has 0 fully saturated rings. The number of aryl methyl sites for hydroxylation is 1. The van der Waals surface area contributed by atoms with Crippen molar-refractivity contribution in [2.24, 2.45) is 0 Å². The molecule has 2 rings (SSSR count). The first-order chi connectivity index (χ1) is 11.5. The van der Waals surface area contributed by atoms with E-state index < -0.39 is 6.03 Å². The van der Waals surface area contributed by atoms with Gasteiger partial charge in [-0.3, -0.25) is 10.1 Å². The van der Waals surface area contributed by atoms with Crippen molar-refractivity contribution in [3.63, 3.8) is 0 Å². The number of rotatable bonds is 6. The number of urea groups is 1. The van der Waals surface area contributed by atoms with Crippen LogP contribution in [0.1, 0.15) is 17.1 Å². The molecule has 24 heavy (non-hydrogen) atoms. The van der Waals surface area contributed by atoms with E-state index in [1.54, 1.807) is 0 Å². The van der Waals surface area contributed by atoms with E-state index in [9.17, 15) is 9.59 Å². The highest BCUT2D eigenvalue weighted by atomic mass is 32.1. The number of esters is 1. The third kappa shape index (κ3) is 4.74. The number of nitriles is 1. The van der Waals surface area contributed by atoms with E-state index in [2.05, 4.69) is 31.4 Å². The lowest BCUT2D eigenvalue weighted by Gasteiger charge is -2.04. The molecule has 2 heterocycles. The Morgan fingerprint density at radius 3 is 2.92 bits per heavy atom. The first-order valence-corrected chi connectivity index (χ1v) is 8.64. The Hall–Kier alpha value is -2.51. The van der Waals surface area contributed by atoms with Crippen molar-refractivity contribution in [1.29, 1.82) is 5.26 Å². The van der Waals surface area contributed by atoms with Crippen LogP contribution in [-0.4, -0.2) is 35.6 Å². The van der Waals surface area contributed by atoms with Crippen molar-refractivity contribution in [1.82, 2.24) is 15.3 Å². The van der Waals surface area contributed by atoms with Gasteiger partial charge in [0, 0.05) is 11.9 Å². The lowest BCUT2D eigenvalue weighted by atomic mass is 10.3. The number of nitrogens with zero attached hydrogens (tertiary/aromatic N) is 3. The van der Waals surface area contributed by atoms with Crippen LogP contribution in [0.5, 0.6) is 0 Å². The van der Waals surface area contributed by atoms with E-state index in [1.807, 2.05) is 12.3 Å². The van der Waals surface area contributed by atoms with E-state index in [0.717, 1.165) is 21.3 Å². The molecular formula is C14H15N5O3S2. The smallest absolute Gasteiger partial charge is 0.321 e. The Labute approximate surface area is 146 Å². The van der Waals surface area contributed by atoms with Crippen LogP contribution in [0.15, 0.2) is 5.38 Å². The molecule has 0 unspecified atom stereocenters. The maximum atomic E-state index is 11.8. The fourth-order valence-electron chi connectivity index (χ4n) is 1.77. The van der Waals surface area contributed by atoms with E-state index in [0.29, 0.717) is 5.13 Å². The summed E-state index contributed by atoms with van der Waals surface area (Å²) in [5.74, 6) is -0.389. The minimum Gasteiger partial charge on any atom is -0.469 e. The zero-order valence-corrected chi connectivity index (χ0v) is 14.7. The lowest BCUT2D eigenvalue weighted by Crippen LogP contribution is -2.30. The van der Waals surface area contributed by atoms with Gasteiger partial charge in [0.25, 0.3) is 0 Å². The van der Waals surface area contributed by atoms with Gasteiger partial charge in [0.05, 0.1) is 42.3 Å². The van der Waals surface area contributed by atoms with E-state index in [-0.39, 0.29) is 25.4 Å². The molecule has 2 amide bonds. The number of anilines is 1. The fraction of sp³-hybridized carbons (Fsp3) is 0.357. The number of hydrogen-bond donors (Lipinski definition) is 2. The number of methoxy groups -OCH3 is 1. The number of thiazole rings is 2. The molecule has 10 heteroatoms. The molecule has 8 nitrogen and oxygen atoms in total. The van der Waals surface area contributed by atoms with Gasteiger partial charge >= 0.3 is 12.0 Å². The zero-order valence-electron chi connectivity index (χ0n) is 13.1. The van der Waals surface area contributed by atoms with Gasteiger partial charge in [-0.15, -0.1) is 11.3 Å². The monoisotopic (exact) mass is 365 g/mol. The summed E-state index contributed by atoms with van der Waals surface area (Å²) in [5.41, 5.74) is 1.50. The van der Waals surface area contributed by atoms with Gasteiger partial charge in [-0.1, -0.05) is 11.3 Å². The molecule has 2 aromatic rings. The van der Waals surface area contributed by atoms with Crippen molar-refractivity contribution in [3.05, 3.63) is 16.1 Å². The normalized spacial score (nSPS) is 10.0. The van der Waals surface area contributed by atoms with Crippen molar-refractivity contribution >= 4 is 39.8 Å². The summed E-state index contributed by atoms with van der Waals surface area (Å²) in [6.07, 6.45) is 0.378. The zero-order chi connectivity index (χ0) is 17.5. The Morgan fingerprint density at radius 2 is 2.21 bits per heavy atom. The van der Waals surface area contributed by atoms with Crippen LogP contribution in [0.3, 0.4) is 0 Å². The summed E-state index contributed by atoms with van der Waals surface area (Å²) in [5, 5.41) is 16.9. The van der Waals surface area contributed by atoms with Gasteiger partial charge in [0.2, 0.25) is 0 Å². The van der Waals surface area contributed by atoms with Gasteiger partial charge in [-0.2, -0.15) is 5.26 Å².